The third kappa shape index (κ3) is 10.3. The minimum Gasteiger partial charge on any atom is -0.481 e. The number of unbranched alkanes of at least 4 members (excludes halogenated alkanes) is 1. The van der Waals surface area contributed by atoms with Crippen LogP contribution in [0.5, 0.6) is 0 Å². The predicted octanol–water partition coefficient (Wildman–Crippen LogP) is 1.76. The van der Waals surface area contributed by atoms with Gasteiger partial charge in [0, 0.05) is 12.8 Å². The predicted molar refractivity (Wildman–Crippen MR) is 72.4 cm³/mol. The van der Waals surface area contributed by atoms with Crippen LogP contribution in [0.1, 0.15) is 45.4 Å². The van der Waals surface area contributed by atoms with E-state index in [1.807, 2.05) is 0 Å². The summed E-state index contributed by atoms with van der Waals surface area (Å²) in [5, 5.41) is 17.2. The molecule has 0 spiro atoms. The maximum Gasteiger partial charge on any atom is 0.317 e. The molecule has 0 saturated heterocycles. The fourth-order valence-corrected chi connectivity index (χ4v) is 1.57. The Kier molecular flexibility index (Phi) is 9.49. The number of rotatable bonds is 10. The van der Waals surface area contributed by atoms with E-state index >= 15 is 0 Å². The van der Waals surface area contributed by atoms with Gasteiger partial charge in [0.1, 0.15) is 0 Å². The van der Waals surface area contributed by atoms with E-state index in [2.05, 4.69) is 4.74 Å². The fraction of sp³-hybridized carbons (Fsp3) is 0.571. The molecule has 1 atom stereocenters. The van der Waals surface area contributed by atoms with Crippen molar-refractivity contribution in [2.75, 3.05) is 0 Å². The molecule has 0 heterocycles. The normalized spacial score (nSPS) is 12.0. The van der Waals surface area contributed by atoms with Crippen molar-refractivity contribution in [3.8, 4) is 0 Å². The summed E-state index contributed by atoms with van der Waals surface area (Å²) in [6, 6.07) is 0. The van der Waals surface area contributed by atoms with Crippen LogP contribution >= 0.6 is 0 Å². The van der Waals surface area contributed by atoms with Gasteiger partial charge < -0.3 is 14.9 Å². The molecule has 0 aromatic rings. The van der Waals surface area contributed by atoms with Crippen LogP contribution < -0.4 is 0 Å². The highest BCUT2D eigenvalue weighted by atomic mass is 16.6. The largest absolute Gasteiger partial charge is 0.481 e. The number of hydrogen-bond acceptors (Lipinski definition) is 5. The second kappa shape index (κ2) is 10.6. The van der Waals surface area contributed by atoms with Gasteiger partial charge in [0.15, 0.2) is 0 Å². The summed E-state index contributed by atoms with van der Waals surface area (Å²) < 4.78 is 4.60. The number of carboxylic acids is 2. The number of allylic oxidation sites excluding steroid dienone is 2. The molecule has 21 heavy (non-hydrogen) atoms. The highest BCUT2D eigenvalue weighted by Gasteiger charge is 2.24. The molecule has 0 aliphatic rings. The van der Waals surface area contributed by atoms with Crippen molar-refractivity contribution < 1.29 is 34.1 Å². The number of esters is 2. The van der Waals surface area contributed by atoms with Crippen LogP contribution in [0.15, 0.2) is 12.2 Å². The Morgan fingerprint density at radius 1 is 1.05 bits per heavy atom. The van der Waals surface area contributed by atoms with Crippen molar-refractivity contribution in [1.82, 2.24) is 0 Å². The number of carbonyl (C=O) groups excluding carboxylic acids is 2. The maximum atomic E-state index is 11.7. The summed E-state index contributed by atoms with van der Waals surface area (Å²) >= 11 is 0. The van der Waals surface area contributed by atoms with Gasteiger partial charge in [-0.1, -0.05) is 12.2 Å². The minimum absolute atomic E-state index is 0.0514. The van der Waals surface area contributed by atoms with Gasteiger partial charge in [-0.3, -0.25) is 19.2 Å². The Hall–Kier alpha value is -2.18. The molecule has 0 saturated carbocycles. The lowest BCUT2D eigenvalue weighted by Gasteiger charge is -2.11. The number of ether oxygens (including phenoxy) is 1. The van der Waals surface area contributed by atoms with Gasteiger partial charge in [-0.2, -0.15) is 0 Å². The van der Waals surface area contributed by atoms with Gasteiger partial charge in [-0.15, -0.1) is 0 Å². The number of carbonyl (C=O) groups is 4. The van der Waals surface area contributed by atoms with E-state index in [0.29, 0.717) is 12.8 Å². The zero-order valence-corrected chi connectivity index (χ0v) is 11.9. The van der Waals surface area contributed by atoms with Crippen molar-refractivity contribution in [3.63, 3.8) is 0 Å². The van der Waals surface area contributed by atoms with Crippen LogP contribution in [0.3, 0.4) is 0 Å². The van der Waals surface area contributed by atoms with Crippen LogP contribution in [-0.2, 0) is 23.9 Å². The molecule has 0 rings (SSSR count). The topological polar surface area (TPSA) is 118 Å². The van der Waals surface area contributed by atoms with E-state index in [4.69, 9.17) is 10.2 Å². The summed E-state index contributed by atoms with van der Waals surface area (Å²) in [6.07, 6.45) is 3.59. The van der Waals surface area contributed by atoms with E-state index in [-0.39, 0.29) is 19.3 Å². The summed E-state index contributed by atoms with van der Waals surface area (Å²) in [6.45, 7) is 1.73. The average Bonchev–Trinajstić information content (AvgIpc) is 2.38. The lowest BCUT2D eigenvalue weighted by molar-refractivity contribution is -0.164. The molecular weight excluding hydrogens is 280 g/mol. The Balaban J connectivity index is 4.23. The van der Waals surface area contributed by atoms with Crippen molar-refractivity contribution in [3.05, 3.63) is 12.2 Å². The van der Waals surface area contributed by atoms with E-state index < -0.39 is 36.2 Å². The van der Waals surface area contributed by atoms with Crippen LogP contribution in [0, 0.1) is 5.92 Å². The first-order chi connectivity index (χ1) is 9.86. The van der Waals surface area contributed by atoms with E-state index in [1.54, 1.807) is 19.1 Å². The molecule has 7 heteroatoms. The quantitative estimate of drug-likeness (QED) is 0.273. The third-order valence-electron chi connectivity index (χ3n) is 2.65. The molecule has 0 aromatic heterocycles. The molecule has 0 fully saturated rings. The molecule has 1 unspecified atom stereocenters. The SMILES string of the molecule is CC=CCC(CC(=O)O)C(=O)OC(=O)CCCCC(=O)O. The summed E-state index contributed by atoms with van der Waals surface area (Å²) in [7, 11) is 0. The Labute approximate surface area is 122 Å². The van der Waals surface area contributed by atoms with Gasteiger partial charge in [-0.25, -0.2) is 0 Å². The van der Waals surface area contributed by atoms with Crippen LogP contribution in [0.4, 0.5) is 0 Å². The third-order valence-corrected chi connectivity index (χ3v) is 2.65. The van der Waals surface area contributed by atoms with Crippen LogP contribution in [0.2, 0.25) is 0 Å². The van der Waals surface area contributed by atoms with Crippen LogP contribution in [0.25, 0.3) is 0 Å². The van der Waals surface area contributed by atoms with Crippen molar-refractivity contribution in [2.45, 2.75) is 45.4 Å². The summed E-state index contributed by atoms with van der Waals surface area (Å²) in [5.41, 5.74) is 0. The molecule has 0 aromatic carbocycles. The number of hydrogen-bond donors (Lipinski definition) is 2. The molecule has 118 valence electrons. The van der Waals surface area contributed by atoms with E-state index in [0.717, 1.165) is 0 Å². The smallest absolute Gasteiger partial charge is 0.317 e. The van der Waals surface area contributed by atoms with Gasteiger partial charge in [-0.05, 0) is 26.2 Å². The van der Waals surface area contributed by atoms with Gasteiger partial charge in [0.2, 0.25) is 0 Å². The second-order valence-electron chi connectivity index (χ2n) is 4.49. The Bertz CT molecular complexity index is 412. The lowest BCUT2D eigenvalue weighted by atomic mass is 10.0. The fourth-order valence-electron chi connectivity index (χ4n) is 1.57. The van der Waals surface area contributed by atoms with Gasteiger partial charge in [0.05, 0.1) is 12.3 Å². The molecule has 0 amide bonds. The number of carboxylic acid groups (broad SMARTS) is 2. The summed E-state index contributed by atoms with van der Waals surface area (Å²) in [5.74, 6) is -4.62. The molecule has 2 N–H and O–H groups in total. The molecule has 0 bridgehead atoms. The van der Waals surface area contributed by atoms with Crippen molar-refractivity contribution in [1.29, 1.82) is 0 Å². The monoisotopic (exact) mass is 300 g/mol. The highest BCUT2D eigenvalue weighted by Crippen LogP contribution is 2.13. The average molecular weight is 300 g/mol. The molecule has 0 radical (unpaired) electrons. The Morgan fingerprint density at radius 3 is 2.19 bits per heavy atom. The Morgan fingerprint density at radius 2 is 1.67 bits per heavy atom. The number of aliphatic carboxylic acids is 2. The van der Waals surface area contributed by atoms with Crippen LogP contribution in [-0.4, -0.2) is 34.1 Å². The van der Waals surface area contributed by atoms with Gasteiger partial charge >= 0.3 is 23.9 Å². The zero-order valence-electron chi connectivity index (χ0n) is 11.9. The molecule has 7 nitrogen and oxygen atoms in total. The second-order valence-corrected chi connectivity index (χ2v) is 4.49. The first-order valence-corrected chi connectivity index (χ1v) is 6.66. The molecule has 0 aliphatic carbocycles. The first-order valence-electron chi connectivity index (χ1n) is 6.66. The minimum atomic E-state index is -1.14. The van der Waals surface area contributed by atoms with Crippen molar-refractivity contribution >= 4 is 23.9 Å². The van der Waals surface area contributed by atoms with E-state index in [9.17, 15) is 19.2 Å². The first kappa shape index (κ1) is 18.8. The standard InChI is InChI=1S/C14H20O7/c1-2-3-6-10(9-12(17)18)14(20)21-13(19)8-5-4-7-11(15)16/h2-3,10H,4-9H2,1H3,(H,15,16)(H,17,18). The van der Waals surface area contributed by atoms with Gasteiger partial charge in [0.25, 0.3) is 0 Å². The zero-order chi connectivity index (χ0) is 16.3. The lowest BCUT2D eigenvalue weighted by Crippen LogP contribution is -2.23. The molecular formula is C14H20O7. The highest BCUT2D eigenvalue weighted by molar-refractivity contribution is 5.88. The van der Waals surface area contributed by atoms with E-state index in [1.165, 1.54) is 0 Å². The van der Waals surface area contributed by atoms with Crippen molar-refractivity contribution in [2.24, 2.45) is 5.92 Å². The maximum absolute atomic E-state index is 11.7. The molecule has 0 aliphatic heterocycles. The summed E-state index contributed by atoms with van der Waals surface area (Å²) in [4.78, 5) is 44.1.